The number of amides is 2. The summed E-state index contributed by atoms with van der Waals surface area (Å²) < 4.78 is 1.07. The van der Waals surface area contributed by atoms with Crippen LogP contribution in [-0.4, -0.2) is 50.8 Å². The molecule has 3 rings (SSSR count). The molecule has 0 saturated carbocycles. The number of nitrogens with one attached hydrogen (secondary N) is 1. The van der Waals surface area contributed by atoms with Crippen molar-refractivity contribution in [2.75, 3.05) is 13.1 Å². The van der Waals surface area contributed by atoms with Crippen molar-refractivity contribution in [3.05, 3.63) is 34.6 Å². The van der Waals surface area contributed by atoms with E-state index in [4.69, 9.17) is 0 Å². The topological polar surface area (TPSA) is 97.2 Å². The Morgan fingerprint density at radius 2 is 1.96 bits per heavy atom. The normalized spacial score (nSPS) is 15.5. The van der Waals surface area contributed by atoms with Crippen LogP contribution in [0, 0.1) is 0 Å². The lowest BCUT2D eigenvalue weighted by molar-refractivity contribution is -0.130. The summed E-state index contributed by atoms with van der Waals surface area (Å²) in [4.78, 5) is 37.5. The summed E-state index contributed by atoms with van der Waals surface area (Å²) in [6, 6.07) is 6.91. The Labute approximate surface area is 138 Å². The second kappa shape index (κ2) is 6.77. The monoisotopic (exact) mass is 329 g/mol. The van der Waals surface area contributed by atoms with E-state index >= 15 is 0 Å². The Bertz CT molecular complexity index is 824. The molecule has 8 heteroatoms. The molecular formula is C16H19N5O3. The molecule has 1 aromatic carbocycles. The summed E-state index contributed by atoms with van der Waals surface area (Å²) in [7, 11) is 0. The molecule has 0 bridgehead atoms. The van der Waals surface area contributed by atoms with Gasteiger partial charge in [-0.1, -0.05) is 17.3 Å². The molecule has 24 heavy (non-hydrogen) atoms. The lowest BCUT2D eigenvalue weighted by Crippen LogP contribution is -2.47. The van der Waals surface area contributed by atoms with Crippen molar-refractivity contribution < 1.29 is 9.59 Å². The fraction of sp³-hybridized carbons (Fsp3) is 0.438. The molecule has 0 aliphatic carbocycles. The van der Waals surface area contributed by atoms with Gasteiger partial charge in [-0.25, -0.2) is 4.68 Å². The number of carbonyl (C=O) groups is 2. The minimum Gasteiger partial charge on any atom is -0.352 e. The predicted octanol–water partition coefficient (Wildman–Crippen LogP) is -0.0814. The van der Waals surface area contributed by atoms with Crippen LogP contribution in [0.4, 0.5) is 0 Å². The van der Waals surface area contributed by atoms with Gasteiger partial charge in [0.05, 0.1) is 5.39 Å². The van der Waals surface area contributed by atoms with Crippen molar-refractivity contribution in [3.8, 4) is 0 Å². The molecule has 0 atom stereocenters. The van der Waals surface area contributed by atoms with E-state index in [9.17, 15) is 14.4 Å². The molecule has 8 nitrogen and oxygen atoms in total. The number of nitrogens with zero attached hydrogens (tertiary/aromatic N) is 4. The van der Waals surface area contributed by atoms with Gasteiger partial charge in [-0.3, -0.25) is 14.4 Å². The number of carbonyl (C=O) groups excluding carboxylic acids is 2. The van der Waals surface area contributed by atoms with E-state index in [1.807, 2.05) is 0 Å². The Morgan fingerprint density at radius 1 is 1.25 bits per heavy atom. The molecule has 1 N–H and O–H groups in total. The number of hydrogen-bond acceptors (Lipinski definition) is 5. The van der Waals surface area contributed by atoms with Gasteiger partial charge >= 0.3 is 0 Å². The fourth-order valence-electron chi connectivity index (χ4n) is 2.87. The Morgan fingerprint density at radius 3 is 2.67 bits per heavy atom. The van der Waals surface area contributed by atoms with Gasteiger partial charge in [-0.2, -0.15) is 0 Å². The Balaban J connectivity index is 1.63. The Kier molecular flexibility index (Phi) is 4.54. The van der Waals surface area contributed by atoms with Crippen molar-refractivity contribution in [1.82, 2.24) is 25.2 Å². The number of hydrogen-bond donors (Lipinski definition) is 1. The molecule has 1 aromatic heterocycles. The van der Waals surface area contributed by atoms with E-state index in [0.29, 0.717) is 36.8 Å². The van der Waals surface area contributed by atoms with E-state index in [1.54, 1.807) is 36.1 Å². The lowest BCUT2D eigenvalue weighted by atomic mass is 10.1. The third kappa shape index (κ3) is 3.42. The summed E-state index contributed by atoms with van der Waals surface area (Å²) in [6.45, 7) is 2.65. The molecule has 2 aromatic rings. The van der Waals surface area contributed by atoms with Crippen molar-refractivity contribution in [2.45, 2.75) is 32.4 Å². The molecule has 1 saturated heterocycles. The molecule has 1 fully saturated rings. The average Bonchev–Trinajstić information content (AvgIpc) is 2.58. The number of rotatable bonds is 3. The van der Waals surface area contributed by atoms with Crippen molar-refractivity contribution in [3.63, 3.8) is 0 Å². The van der Waals surface area contributed by atoms with E-state index < -0.39 is 0 Å². The number of piperidine rings is 1. The fourth-order valence-corrected chi connectivity index (χ4v) is 2.87. The van der Waals surface area contributed by atoms with Crippen LogP contribution in [0.2, 0.25) is 0 Å². The van der Waals surface area contributed by atoms with Gasteiger partial charge in [-0.15, -0.1) is 5.10 Å². The maximum absolute atomic E-state index is 12.3. The SMILES string of the molecule is CC(=O)N1CCC(NC(=O)Cn2nnc3ccccc3c2=O)CC1. The van der Waals surface area contributed by atoms with Crippen LogP contribution in [0.25, 0.3) is 10.9 Å². The highest BCUT2D eigenvalue weighted by Gasteiger charge is 2.22. The van der Waals surface area contributed by atoms with Gasteiger partial charge in [0.15, 0.2) is 0 Å². The molecular weight excluding hydrogens is 310 g/mol. The summed E-state index contributed by atoms with van der Waals surface area (Å²) in [5.74, 6) is -0.222. The highest BCUT2D eigenvalue weighted by atomic mass is 16.2. The van der Waals surface area contributed by atoms with Gasteiger partial charge in [-0.05, 0) is 25.0 Å². The van der Waals surface area contributed by atoms with Crippen LogP contribution in [0.1, 0.15) is 19.8 Å². The molecule has 126 valence electrons. The van der Waals surface area contributed by atoms with E-state index in [0.717, 1.165) is 4.68 Å². The smallest absolute Gasteiger partial charge is 0.278 e. The van der Waals surface area contributed by atoms with E-state index in [-0.39, 0.29) is 30.0 Å². The molecule has 0 unspecified atom stereocenters. The van der Waals surface area contributed by atoms with Crippen LogP contribution < -0.4 is 10.9 Å². The third-order valence-electron chi connectivity index (χ3n) is 4.23. The number of fused-ring (bicyclic) bond motifs is 1. The molecule has 1 aliphatic rings. The maximum Gasteiger partial charge on any atom is 0.278 e. The number of benzene rings is 1. The zero-order chi connectivity index (χ0) is 17.1. The zero-order valence-corrected chi connectivity index (χ0v) is 13.4. The van der Waals surface area contributed by atoms with Crippen molar-refractivity contribution in [1.29, 1.82) is 0 Å². The summed E-state index contributed by atoms with van der Waals surface area (Å²) in [5, 5.41) is 11.1. The van der Waals surface area contributed by atoms with Gasteiger partial charge in [0.1, 0.15) is 12.1 Å². The van der Waals surface area contributed by atoms with Crippen molar-refractivity contribution >= 4 is 22.7 Å². The first kappa shape index (κ1) is 16.1. The van der Waals surface area contributed by atoms with Crippen LogP contribution in [-0.2, 0) is 16.1 Å². The Hall–Kier alpha value is -2.77. The maximum atomic E-state index is 12.3. The highest BCUT2D eigenvalue weighted by Crippen LogP contribution is 2.10. The van der Waals surface area contributed by atoms with E-state index in [1.165, 1.54) is 0 Å². The first-order valence-corrected chi connectivity index (χ1v) is 7.92. The van der Waals surface area contributed by atoms with E-state index in [2.05, 4.69) is 15.6 Å². The predicted molar refractivity (Wildman–Crippen MR) is 87.2 cm³/mol. The largest absolute Gasteiger partial charge is 0.352 e. The summed E-state index contributed by atoms with van der Waals surface area (Å²) >= 11 is 0. The minimum absolute atomic E-state index is 0.0113. The highest BCUT2D eigenvalue weighted by molar-refractivity contribution is 5.78. The lowest BCUT2D eigenvalue weighted by Gasteiger charge is -2.31. The third-order valence-corrected chi connectivity index (χ3v) is 4.23. The first-order valence-electron chi connectivity index (χ1n) is 7.92. The summed E-state index contributed by atoms with van der Waals surface area (Å²) in [6.07, 6.45) is 1.42. The van der Waals surface area contributed by atoms with Gasteiger partial charge in [0, 0.05) is 26.1 Å². The standard InChI is InChI=1S/C16H19N5O3/c1-11(22)20-8-6-12(7-9-20)17-15(23)10-21-16(24)13-4-2-3-5-14(13)18-19-21/h2-5,12H,6-10H2,1H3,(H,17,23). The molecule has 0 radical (unpaired) electrons. The number of likely N-dealkylation sites (tertiary alicyclic amines) is 1. The minimum atomic E-state index is -0.331. The quantitative estimate of drug-likeness (QED) is 0.849. The van der Waals surface area contributed by atoms with Crippen molar-refractivity contribution in [2.24, 2.45) is 0 Å². The molecule has 2 heterocycles. The molecule has 0 spiro atoms. The second-order valence-corrected chi connectivity index (χ2v) is 5.92. The van der Waals surface area contributed by atoms with Crippen LogP contribution >= 0.6 is 0 Å². The summed E-state index contributed by atoms with van der Waals surface area (Å²) in [5.41, 5.74) is 0.179. The van der Waals surface area contributed by atoms with Gasteiger partial charge < -0.3 is 10.2 Å². The van der Waals surface area contributed by atoms with Crippen LogP contribution in [0.15, 0.2) is 29.1 Å². The molecule has 2 amide bonds. The number of aromatic nitrogens is 3. The average molecular weight is 329 g/mol. The van der Waals surface area contributed by atoms with Gasteiger partial charge in [0.25, 0.3) is 5.56 Å². The second-order valence-electron chi connectivity index (χ2n) is 5.92. The van der Waals surface area contributed by atoms with Gasteiger partial charge in [0.2, 0.25) is 11.8 Å². The van der Waals surface area contributed by atoms with Crippen LogP contribution in [0.5, 0.6) is 0 Å². The van der Waals surface area contributed by atoms with Crippen LogP contribution in [0.3, 0.4) is 0 Å². The zero-order valence-electron chi connectivity index (χ0n) is 13.4. The molecule has 1 aliphatic heterocycles. The first-order chi connectivity index (χ1) is 11.5.